The molecule has 0 amide bonds. The molecule has 0 aliphatic rings. The van der Waals surface area contributed by atoms with Crippen LogP contribution in [0, 0.1) is 5.92 Å². The number of rotatable bonds is 10. The first kappa shape index (κ1) is 17.4. The highest BCUT2D eigenvalue weighted by atomic mass is 33.3. The van der Waals surface area contributed by atoms with Crippen molar-refractivity contribution in [2.24, 2.45) is 10.9 Å². The van der Waals surface area contributed by atoms with E-state index in [9.17, 15) is 4.57 Å². The largest absolute Gasteiger partial charge is 0.362 e. The maximum atomic E-state index is 12.3. The summed E-state index contributed by atoms with van der Waals surface area (Å²) in [6.45, 7) is 6.44. The average molecular weight is 298 g/mol. The van der Waals surface area contributed by atoms with E-state index in [2.05, 4.69) is 30.9 Å². The van der Waals surface area contributed by atoms with Crippen LogP contribution in [0.2, 0.25) is 0 Å². The van der Waals surface area contributed by atoms with Crippen molar-refractivity contribution >= 4 is 34.3 Å². The predicted octanol–water partition coefficient (Wildman–Crippen LogP) is 4.20. The van der Waals surface area contributed by atoms with Crippen LogP contribution >= 0.6 is 27.9 Å². The lowest BCUT2D eigenvalue weighted by Gasteiger charge is -2.15. The molecule has 0 spiro atoms. The topological polar surface area (TPSA) is 50.7 Å². The van der Waals surface area contributed by atoms with Gasteiger partial charge in [0.2, 0.25) is 0 Å². The summed E-state index contributed by atoms with van der Waals surface area (Å²) in [6, 6.07) is 0. The number of hydrogen-bond acceptors (Lipinski definition) is 5. The van der Waals surface area contributed by atoms with E-state index in [0.29, 0.717) is 12.5 Å². The van der Waals surface area contributed by atoms with Crippen LogP contribution < -0.4 is 5.09 Å². The standard InChI is InChI=1S/C10H23N2O2PS2/c1-5-7-16-17-15(13,14-6-2)12-9-11-8-10(3)4/h9-10H,5-8H2,1-4H3,(H,11,12,13). The van der Waals surface area contributed by atoms with E-state index in [1.165, 1.54) is 16.8 Å². The minimum absolute atomic E-state index is 0.433. The van der Waals surface area contributed by atoms with Crippen molar-refractivity contribution in [1.82, 2.24) is 5.09 Å². The SMILES string of the molecule is CCCSSP(=O)(NC=NCC(C)C)OCC. The minimum atomic E-state index is -2.83. The molecule has 0 heterocycles. The van der Waals surface area contributed by atoms with Gasteiger partial charge in [0, 0.05) is 22.7 Å². The van der Waals surface area contributed by atoms with Crippen LogP contribution in [0.3, 0.4) is 0 Å². The Kier molecular flexibility index (Phi) is 10.5. The molecule has 0 saturated heterocycles. The Labute approximate surface area is 112 Å². The molecule has 0 fully saturated rings. The van der Waals surface area contributed by atoms with Gasteiger partial charge in [-0.05, 0) is 19.3 Å². The molecule has 0 rings (SSSR count). The summed E-state index contributed by atoms with van der Waals surface area (Å²) in [5, 5.41) is 2.80. The Balaban J connectivity index is 4.11. The summed E-state index contributed by atoms with van der Waals surface area (Å²) in [6.07, 6.45) is 2.57. The van der Waals surface area contributed by atoms with Crippen LogP contribution in [-0.4, -0.2) is 25.2 Å². The van der Waals surface area contributed by atoms with E-state index < -0.39 is 6.72 Å². The molecule has 0 radical (unpaired) electrons. The third-order valence-electron chi connectivity index (χ3n) is 1.52. The highest BCUT2D eigenvalue weighted by molar-refractivity contribution is 8.99. The zero-order chi connectivity index (χ0) is 13.1. The fraction of sp³-hybridized carbons (Fsp3) is 0.900. The van der Waals surface area contributed by atoms with Crippen LogP contribution in [-0.2, 0) is 9.09 Å². The number of hydrogen-bond donors (Lipinski definition) is 1. The second kappa shape index (κ2) is 10.3. The van der Waals surface area contributed by atoms with E-state index in [1.54, 1.807) is 10.8 Å². The number of nitrogens with one attached hydrogen (secondary N) is 1. The normalized spacial score (nSPS) is 15.4. The highest BCUT2D eigenvalue weighted by Gasteiger charge is 2.22. The molecule has 102 valence electrons. The zero-order valence-corrected chi connectivity index (χ0v) is 13.5. The molecule has 0 saturated carbocycles. The molecule has 1 N–H and O–H groups in total. The monoisotopic (exact) mass is 298 g/mol. The van der Waals surface area contributed by atoms with Gasteiger partial charge in [0.15, 0.2) is 0 Å². The van der Waals surface area contributed by atoms with Crippen LogP contribution in [0.5, 0.6) is 0 Å². The van der Waals surface area contributed by atoms with Crippen LogP contribution in [0.1, 0.15) is 34.1 Å². The third kappa shape index (κ3) is 10.0. The van der Waals surface area contributed by atoms with Gasteiger partial charge in [-0.25, -0.2) is 0 Å². The van der Waals surface area contributed by atoms with Crippen molar-refractivity contribution in [3.05, 3.63) is 0 Å². The lowest BCUT2D eigenvalue weighted by molar-refractivity contribution is 0.343. The Morgan fingerprint density at radius 3 is 2.71 bits per heavy atom. The maximum absolute atomic E-state index is 12.3. The van der Waals surface area contributed by atoms with Crippen molar-refractivity contribution in [3.63, 3.8) is 0 Å². The van der Waals surface area contributed by atoms with Gasteiger partial charge in [0.25, 0.3) is 0 Å². The van der Waals surface area contributed by atoms with Crippen molar-refractivity contribution in [3.8, 4) is 0 Å². The van der Waals surface area contributed by atoms with E-state index in [0.717, 1.165) is 18.7 Å². The molecular formula is C10H23N2O2PS2. The minimum Gasteiger partial charge on any atom is -0.306 e. The molecule has 0 aliphatic heterocycles. The lowest BCUT2D eigenvalue weighted by Crippen LogP contribution is -2.08. The smallest absolute Gasteiger partial charge is 0.306 e. The Morgan fingerprint density at radius 1 is 1.47 bits per heavy atom. The van der Waals surface area contributed by atoms with Gasteiger partial charge in [-0.2, -0.15) is 0 Å². The van der Waals surface area contributed by atoms with Crippen LogP contribution in [0.25, 0.3) is 0 Å². The number of aliphatic imine (C=N–C) groups is 1. The summed E-state index contributed by atoms with van der Waals surface area (Å²) < 4.78 is 17.5. The molecule has 1 unspecified atom stereocenters. The molecule has 0 aromatic carbocycles. The van der Waals surface area contributed by atoms with Crippen LogP contribution in [0.15, 0.2) is 4.99 Å². The van der Waals surface area contributed by atoms with E-state index in [4.69, 9.17) is 4.52 Å². The Hall–Kier alpha value is 0.360. The fourth-order valence-electron chi connectivity index (χ4n) is 0.815. The van der Waals surface area contributed by atoms with Gasteiger partial charge in [0.1, 0.15) is 0 Å². The predicted molar refractivity (Wildman–Crippen MR) is 80.9 cm³/mol. The van der Waals surface area contributed by atoms with Crippen molar-refractivity contribution < 1.29 is 9.09 Å². The summed E-state index contributed by atoms with van der Waals surface area (Å²) in [5.74, 6) is 1.47. The van der Waals surface area contributed by atoms with Gasteiger partial charge in [-0.1, -0.05) is 31.6 Å². The fourth-order valence-corrected chi connectivity index (χ4v) is 6.47. The highest BCUT2D eigenvalue weighted by Crippen LogP contribution is 2.61. The quantitative estimate of drug-likeness (QED) is 0.215. The second-order valence-electron chi connectivity index (χ2n) is 3.83. The molecule has 17 heavy (non-hydrogen) atoms. The van der Waals surface area contributed by atoms with Gasteiger partial charge < -0.3 is 4.52 Å². The van der Waals surface area contributed by atoms with Crippen molar-refractivity contribution in [2.45, 2.75) is 34.1 Å². The maximum Gasteiger partial charge on any atom is 0.362 e. The first-order chi connectivity index (χ1) is 8.04. The zero-order valence-electron chi connectivity index (χ0n) is 11.0. The van der Waals surface area contributed by atoms with Crippen molar-refractivity contribution in [1.29, 1.82) is 0 Å². The van der Waals surface area contributed by atoms with Crippen molar-refractivity contribution in [2.75, 3.05) is 18.9 Å². The molecule has 7 heteroatoms. The molecule has 0 aliphatic carbocycles. The molecule has 4 nitrogen and oxygen atoms in total. The van der Waals surface area contributed by atoms with Crippen LogP contribution in [0.4, 0.5) is 0 Å². The summed E-state index contributed by atoms with van der Waals surface area (Å²) in [5.41, 5.74) is 0. The van der Waals surface area contributed by atoms with E-state index in [-0.39, 0.29) is 0 Å². The number of nitrogens with zero attached hydrogens (tertiary/aromatic N) is 1. The first-order valence-electron chi connectivity index (χ1n) is 5.86. The second-order valence-corrected chi connectivity index (χ2v) is 10.1. The average Bonchev–Trinajstić information content (AvgIpc) is 2.25. The first-order valence-corrected chi connectivity index (χ1v) is 10.4. The van der Waals surface area contributed by atoms with Gasteiger partial charge in [-0.15, -0.1) is 0 Å². The Bertz CT molecular complexity index is 263. The summed E-state index contributed by atoms with van der Waals surface area (Å²) in [7, 11) is 2.85. The summed E-state index contributed by atoms with van der Waals surface area (Å²) in [4.78, 5) is 4.16. The van der Waals surface area contributed by atoms with E-state index in [1.807, 2.05) is 6.92 Å². The van der Waals surface area contributed by atoms with Gasteiger partial charge >= 0.3 is 6.72 Å². The Morgan fingerprint density at radius 2 is 2.18 bits per heavy atom. The van der Waals surface area contributed by atoms with E-state index >= 15 is 0 Å². The third-order valence-corrected chi connectivity index (χ3v) is 8.17. The molecule has 0 aromatic rings. The lowest BCUT2D eigenvalue weighted by atomic mass is 10.2. The van der Waals surface area contributed by atoms with Gasteiger partial charge in [-0.3, -0.25) is 14.6 Å². The molecular weight excluding hydrogens is 275 g/mol. The summed E-state index contributed by atoms with van der Waals surface area (Å²) >= 11 is 0. The van der Waals surface area contributed by atoms with Gasteiger partial charge in [0.05, 0.1) is 12.9 Å². The molecule has 0 aromatic heterocycles. The molecule has 1 atom stereocenters. The molecule has 0 bridgehead atoms.